The molecule has 0 aliphatic rings. The number of ether oxygens (including phenoxy) is 1. The van der Waals surface area contributed by atoms with Crippen molar-refractivity contribution in [1.29, 1.82) is 5.26 Å². The van der Waals surface area contributed by atoms with Crippen LogP contribution in [0.1, 0.15) is 5.56 Å². The molecule has 0 aliphatic heterocycles. The third-order valence-corrected chi connectivity index (χ3v) is 3.27. The zero-order chi connectivity index (χ0) is 14.0. The van der Waals surface area contributed by atoms with Crippen LogP contribution in [0.3, 0.4) is 0 Å². The van der Waals surface area contributed by atoms with Crippen LogP contribution in [0.2, 0.25) is 15.1 Å². The lowest BCUT2D eigenvalue weighted by Gasteiger charge is -2.09. The van der Waals surface area contributed by atoms with E-state index < -0.39 is 5.82 Å². The van der Waals surface area contributed by atoms with E-state index in [0.29, 0.717) is 0 Å². The Labute approximate surface area is 123 Å². The van der Waals surface area contributed by atoms with Crippen molar-refractivity contribution < 1.29 is 9.13 Å². The quantitative estimate of drug-likeness (QED) is 0.690. The Balaban J connectivity index is 2.37. The van der Waals surface area contributed by atoms with Crippen LogP contribution in [0.5, 0.6) is 11.5 Å². The second-order valence-electron chi connectivity index (χ2n) is 3.56. The lowest BCUT2D eigenvalue weighted by molar-refractivity contribution is 0.442. The number of rotatable bonds is 2. The summed E-state index contributed by atoms with van der Waals surface area (Å²) in [5, 5.41) is 9.37. The van der Waals surface area contributed by atoms with Crippen LogP contribution in [0.25, 0.3) is 0 Å². The van der Waals surface area contributed by atoms with Crippen LogP contribution in [0.4, 0.5) is 4.39 Å². The molecule has 2 aromatic carbocycles. The number of halogens is 4. The first-order valence-electron chi connectivity index (χ1n) is 5.03. The molecule has 0 atom stereocenters. The van der Waals surface area contributed by atoms with Gasteiger partial charge in [0.05, 0.1) is 26.7 Å². The van der Waals surface area contributed by atoms with Gasteiger partial charge in [0.1, 0.15) is 5.75 Å². The Morgan fingerprint density at radius 2 is 1.63 bits per heavy atom. The van der Waals surface area contributed by atoms with E-state index in [9.17, 15) is 4.39 Å². The molecule has 19 heavy (non-hydrogen) atoms. The fourth-order valence-electron chi connectivity index (χ4n) is 1.35. The predicted molar refractivity (Wildman–Crippen MR) is 72.7 cm³/mol. The maximum Gasteiger partial charge on any atom is 0.167 e. The average molecular weight is 317 g/mol. The number of hydrogen-bond acceptors (Lipinski definition) is 2. The Morgan fingerprint density at radius 3 is 2.26 bits per heavy atom. The molecule has 0 aliphatic carbocycles. The van der Waals surface area contributed by atoms with E-state index in [2.05, 4.69) is 0 Å². The van der Waals surface area contributed by atoms with Crippen LogP contribution in [-0.2, 0) is 0 Å². The summed E-state index contributed by atoms with van der Waals surface area (Å²) in [6.45, 7) is 0. The van der Waals surface area contributed by atoms with Gasteiger partial charge in [0.15, 0.2) is 11.6 Å². The van der Waals surface area contributed by atoms with Crippen molar-refractivity contribution in [2.24, 2.45) is 0 Å². The van der Waals surface area contributed by atoms with Crippen molar-refractivity contribution in [3.63, 3.8) is 0 Å². The molecule has 0 saturated heterocycles. The van der Waals surface area contributed by atoms with Crippen molar-refractivity contribution >= 4 is 34.8 Å². The molecular formula is C13H5Cl3FNO. The van der Waals surface area contributed by atoms with Gasteiger partial charge in [-0.15, -0.1) is 0 Å². The summed E-state index contributed by atoms with van der Waals surface area (Å²) < 4.78 is 19.0. The van der Waals surface area contributed by atoms with Crippen molar-refractivity contribution in [2.45, 2.75) is 0 Å². The highest BCUT2D eigenvalue weighted by Gasteiger charge is 2.11. The SMILES string of the molecule is N#Cc1ccc(Oc2cc(Cl)c(Cl)cc2Cl)c(F)c1. The molecule has 0 bridgehead atoms. The van der Waals surface area contributed by atoms with E-state index in [1.807, 2.05) is 6.07 Å². The van der Waals surface area contributed by atoms with Gasteiger partial charge in [-0.2, -0.15) is 5.26 Å². The zero-order valence-electron chi connectivity index (χ0n) is 9.25. The van der Waals surface area contributed by atoms with Gasteiger partial charge >= 0.3 is 0 Å². The standard InChI is InChI=1S/C13H5Cl3FNO/c14-8-4-10(16)13(5-9(8)15)19-12-2-1-7(6-18)3-11(12)17/h1-5H. The summed E-state index contributed by atoms with van der Waals surface area (Å²) >= 11 is 17.5. The van der Waals surface area contributed by atoms with E-state index in [4.69, 9.17) is 44.8 Å². The highest BCUT2D eigenvalue weighted by Crippen LogP contribution is 2.37. The molecule has 2 nitrogen and oxygen atoms in total. The summed E-state index contributed by atoms with van der Waals surface area (Å²) in [4.78, 5) is 0. The molecule has 0 radical (unpaired) electrons. The van der Waals surface area contributed by atoms with Crippen LogP contribution in [-0.4, -0.2) is 0 Å². The number of benzene rings is 2. The average Bonchev–Trinajstić information content (AvgIpc) is 2.38. The monoisotopic (exact) mass is 315 g/mol. The number of nitrogens with zero attached hydrogens (tertiary/aromatic N) is 1. The molecule has 0 unspecified atom stereocenters. The lowest BCUT2D eigenvalue weighted by atomic mass is 10.2. The Hall–Kier alpha value is -1.47. The zero-order valence-corrected chi connectivity index (χ0v) is 11.5. The summed E-state index contributed by atoms with van der Waals surface area (Å²) in [7, 11) is 0. The summed E-state index contributed by atoms with van der Waals surface area (Å²) in [6, 6.07) is 8.47. The van der Waals surface area contributed by atoms with Crippen molar-refractivity contribution in [2.75, 3.05) is 0 Å². The van der Waals surface area contributed by atoms with Gasteiger partial charge in [-0.3, -0.25) is 0 Å². The minimum absolute atomic E-state index is 0.0562. The van der Waals surface area contributed by atoms with Gasteiger partial charge < -0.3 is 4.74 Å². The molecule has 2 aromatic rings. The summed E-state index contributed by atoms with van der Waals surface area (Å²) in [5.41, 5.74) is 0.199. The summed E-state index contributed by atoms with van der Waals surface area (Å²) in [6.07, 6.45) is 0. The van der Waals surface area contributed by atoms with E-state index in [-0.39, 0.29) is 32.1 Å². The lowest BCUT2D eigenvalue weighted by Crippen LogP contribution is -1.90. The Morgan fingerprint density at radius 1 is 0.947 bits per heavy atom. The minimum atomic E-state index is -0.666. The van der Waals surface area contributed by atoms with E-state index in [1.165, 1.54) is 24.3 Å². The molecule has 2 rings (SSSR count). The Kier molecular flexibility index (Phi) is 4.16. The van der Waals surface area contributed by atoms with Gasteiger partial charge in [-0.05, 0) is 24.3 Å². The molecule has 0 spiro atoms. The van der Waals surface area contributed by atoms with Gasteiger partial charge in [0, 0.05) is 6.07 Å². The van der Waals surface area contributed by atoms with Gasteiger partial charge in [0.25, 0.3) is 0 Å². The van der Waals surface area contributed by atoms with E-state index in [0.717, 1.165) is 6.07 Å². The number of hydrogen-bond donors (Lipinski definition) is 0. The van der Waals surface area contributed by atoms with E-state index in [1.54, 1.807) is 0 Å². The smallest absolute Gasteiger partial charge is 0.167 e. The Bertz CT molecular complexity index is 682. The first-order valence-corrected chi connectivity index (χ1v) is 6.16. The maximum absolute atomic E-state index is 13.7. The van der Waals surface area contributed by atoms with Crippen LogP contribution < -0.4 is 4.74 Å². The van der Waals surface area contributed by atoms with Crippen LogP contribution >= 0.6 is 34.8 Å². The van der Waals surface area contributed by atoms with Crippen LogP contribution in [0.15, 0.2) is 30.3 Å². The topological polar surface area (TPSA) is 33.0 Å². The second kappa shape index (κ2) is 5.66. The molecule has 0 fully saturated rings. The molecule has 96 valence electrons. The fraction of sp³-hybridized carbons (Fsp3) is 0. The summed E-state index contributed by atoms with van der Waals surface area (Å²) in [5.74, 6) is -0.542. The third-order valence-electron chi connectivity index (χ3n) is 2.26. The fourth-order valence-corrected chi connectivity index (χ4v) is 1.93. The van der Waals surface area contributed by atoms with Crippen molar-refractivity contribution in [3.05, 3.63) is 56.8 Å². The molecule has 0 heterocycles. The molecule has 0 saturated carbocycles. The molecule has 0 N–H and O–H groups in total. The highest BCUT2D eigenvalue weighted by atomic mass is 35.5. The third kappa shape index (κ3) is 3.10. The first-order chi connectivity index (χ1) is 9.01. The second-order valence-corrected chi connectivity index (χ2v) is 4.78. The molecule has 6 heteroatoms. The molecular weight excluding hydrogens is 312 g/mol. The van der Waals surface area contributed by atoms with Crippen LogP contribution in [0, 0.1) is 17.1 Å². The minimum Gasteiger partial charge on any atom is -0.453 e. The largest absolute Gasteiger partial charge is 0.453 e. The normalized spacial score (nSPS) is 10.1. The molecule has 0 aromatic heterocycles. The maximum atomic E-state index is 13.7. The predicted octanol–water partition coefficient (Wildman–Crippen LogP) is 5.45. The van der Waals surface area contributed by atoms with Crippen molar-refractivity contribution in [3.8, 4) is 17.6 Å². The van der Waals surface area contributed by atoms with Gasteiger partial charge in [-0.25, -0.2) is 4.39 Å². The van der Waals surface area contributed by atoms with Gasteiger partial charge in [-0.1, -0.05) is 34.8 Å². The number of nitriles is 1. The first kappa shape index (κ1) is 14.0. The van der Waals surface area contributed by atoms with Crippen molar-refractivity contribution in [1.82, 2.24) is 0 Å². The van der Waals surface area contributed by atoms with E-state index >= 15 is 0 Å². The molecule has 0 amide bonds. The van der Waals surface area contributed by atoms with Gasteiger partial charge in [0.2, 0.25) is 0 Å². The highest BCUT2D eigenvalue weighted by molar-refractivity contribution is 6.43.